The quantitative estimate of drug-likeness (QED) is 0.219. The van der Waals surface area contributed by atoms with Crippen molar-refractivity contribution in [3.8, 4) is 0 Å². The number of anilines is 1. The van der Waals surface area contributed by atoms with Crippen LogP contribution in [0.5, 0.6) is 0 Å². The highest BCUT2D eigenvalue weighted by Crippen LogP contribution is 2.17. The molecule has 0 spiro atoms. The zero-order chi connectivity index (χ0) is 22.5. The summed E-state index contributed by atoms with van der Waals surface area (Å²) in [5, 5.41) is 15.7. The van der Waals surface area contributed by atoms with E-state index in [1.165, 1.54) is 12.1 Å². The van der Waals surface area contributed by atoms with E-state index in [1.54, 1.807) is 12.1 Å². The lowest BCUT2D eigenvalue weighted by Gasteiger charge is -2.36. The number of benzene rings is 1. The SMILES string of the molecule is CCCC(CCO)CN=C(NCC)NCCC(=O)N1CCN(c2ccc(F)cc2)CC1.I. The molecule has 1 heterocycles. The molecule has 7 nitrogen and oxygen atoms in total. The standard InChI is InChI=1S/C23H38FN5O2.HI/c1-3-5-19(11-17-30)18-27-23(25-4-2)26-12-10-22(31)29-15-13-28(14-16-29)21-8-6-20(24)7-9-21;/h6-9,19,30H,3-5,10-18H2,1-2H3,(H2,25,26,27);1H. The molecule has 1 atom stereocenters. The normalized spacial score (nSPS) is 15.2. The van der Waals surface area contributed by atoms with Gasteiger partial charge in [0, 0.05) is 64.5 Å². The molecule has 32 heavy (non-hydrogen) atoms. The molecule has 3 N–H and O–H groups in total. The number of hydrogen-bond acceptors (Lipinski definition) is 4. The molecule has 1 aromatic carbocycles. The van der Waals surface area contributed by atoms with Gasteiger partial charge >= 0.3 is 0 Å². The van der Waals surface area contributed by atoms with E-state index in [0.717, 1.165) is 50.5 Å². The van der Waals surface area contributed by atoms with Crippen LogP contribution in [0.3, 0.4) is 0 Å². The van der Waals surface area contributed by atoms with Crippen molar-refractivity contribution < 1.29 is 14.3 Å². The topological polar surface area (TPSA) is 80.2 Å². The van der Waals surface area contributed by atoms with E-state index in [0.29, 0.717) is 38.5 Å². The maximum absolute atomic E-state index is 13.1. The smallest absolute Gasteiger partial charge is 0.224 e. The minimum Gasteiger partial charge on any atom is -0.396 e. The average molecular weight is 564 g/mol. The Labute approximate surface area is 208 Å². The predicted molar refractivity (Wildman–Crippen MR) is 139 cm³/mol. The van der Waals surface area contributed by atoms with Crippen LogP contribution in [0.15, 0.2) is 29.3 Å². The number of guanidine groups is 1. The van der Waals surface area contributed by atoms with E-state index in [2.05, 4.69) is 27.4 Å². The molecule has 1 aromatic rings. The number of hydrogen-bond donors (Lipinski definition) is 3. The molecule has 1 aliphatic heterocycles. The van der Waals surface area contributed by atoms with Crippen LogP contribution in [-0.4, -0.2) is 74.3 Å². The largest absolute Gasteiger partial charge is 0.396 e. The zero-order valence-electron chi connectivity index (χ0n) is 19.4. The summed E-state index contributed by atoms with van der Waals surface area (Å²) in [5.74, 6) is 0.992. The van der Waals surface area contributed by atoms with Gasteiger partial charge in [0.25, 0.3) is 0 Å². The van der Waals surface area contributed by atoms with E-state index < -0.39 is 0 Å². The molecule has 0 bridgehead atoms. The van der Waals surface area contributed by atoms with E-state index in [4.69, 9.17) is 0 Å². The number of aliphatic hydroxyl groups excluding tert-OH is 1. The molecule has 1 aliphatic rings. The van der Waals surface area contributed by atoms with Crippen molar-refractivity contribution in [3.05, 3.63) is 30.1 Å². The second-order valence-corrected chi connectivity index (χ2v) is 7.91. The van der Waals surface area contributed by atoms with Gasteiger partial charge in [-0.1, -0.05) is 13.3 Å². The molecule has 1 saturated heterocycles. The van der Waals surface area contributed by atoms with Gasteiger partial charge in [-0.25, -0.2) is 4.39 Å². The van der Waals surface area contributed by atoms with Gasteiger partial charge in [0.05, 0.1) is 0 Å². The van der Waals surface area contributed by atoms with Crippen molar-refractivity contribution in [2.75, 3.05) is 57.3 Å². The number of rotatable bonds is 11. The Morgan fingerprint density at radius 2 is 1.81 bits per heavy atom. The van der Waals surface area contributed by atoms with Crippen molar-refractivity contribution in [2.45, 2.75) is 39.5 Å². The summed E-state index contributed by atoms with van der Waals surface area (Å²) in [5.41, 5.74) is 0.990. The van der Waals surface area contributed by atoms with Gasteiger partial charge in [-0.05, 0) is 49.9 Å². The Balaban J connectivity index is 0.00000512. The van der Waals surface area contributed by atoms with Crippen molar-refractivity contribution in [1.29, 1.82) is 0 Å². The van der Waals surface area contributed by atoms with Gasteiger partial charge in [-0.2, -0.15) is 0 Å². The van der Waals surface area contributed by atoms with Gasteiger partial charge in [0.2, 0.25) is 5.91 Å². The molecule has 2 rings (SSSR count). The first-order chi connectivity index (χ1) is 15.1. The molecular weight excluding hydrogens is 524 g/mol. The van der Waals surface area contributed by atoms with Gasteiger partial charge in [0.1, 0.15) is 5.82 Å². The summed E-state index contributed by atoms with van der Waals surface area (Å²) in [6, 6.07) is 6.50. The van der Waals surface area contributed by atoms with Crippen LogP contribution in [0, 0.1) is 11.7 Å². The summed E-state index contributed by atoms with van der Waals surface area (Å²) in [7, 11) is 0. The number of aliphatic imine (C=N–C) groups is 1. The summed E-state index contributed by atoms with van der Waals surface area (Å²) < 4.78 is 13.1. The molecule has 0 aromatic heterocycles. The lowest BCUT2D eigenvalue weighted by atomic mass is 10.0. The fraction of sp³-hybridized carbons (Fsp3) is 0.652. The highest BCUT2D eigenvalue weighted by atomic mass is 127. The summed E-state index contributed by atoms with van der Waals surface area (Å²) in [4.78, 5) is 21.3. The number of halogens is 2. The summed E-state index contributed by atoms with van der Waals surface area (Å²) in [6.45, 7) is 9.13. The second-order valence-electron chi connectivity index (χ2n) is 7.91. The van der Waals surface area contributed by atoms with Crippen LogP contribution in [0.1, 0.15) is 39.5 Å². The minimum atomic E-state index is -0.236. The van der Waals surface area contributed by atoms with E-state index >= 15 is 0 Å². The highest BCUT2D eigenvalue weighted by molar-refractivity contribution is 14.0. The zero-order valence-corrected chi connectivity index (χ0v) is 21.7. The lowest BCUT2D eigenvalue weighted by Crippen LogP contribution is -2.49. The lowest BCUT2D eigenvalue weighted by molar-refractivity contribution is -0.131. The minimum absolute atomic E-state index is 0. The van der Waals surface area contributed by atoms with Gasteiger partial charge in [-0.15, -0.1) is 24.0 Å². The number of carbonyl (C=O) groups excluding carboxylic acids is 1. The molecule has 0 radical (unpaired) electrons. The molecule has 1 unspecified atom stereocenters. The van der Waals surface area contributed by atoms with Crippen LogP contribution in [0.25, 0.3) is 0 Å². The number of nitrogens with zero attached hydrogens (tertiary/aromatic N) is 3. The summed E-state index contributed by atoms with van der Waals surface area (Å²) in [6.07, 6.45) is 3.30. The molecule has 182 valence electrons. The monoisotopic (exact) mass is 563 g/mol. The van der Waals surface area contributed by atoms with Crippen molar-refractivity contribution in [2.24, 2.45) is 10.9 Å². The van der Waals surface area contributed by atoms with Crippen LogP contribution in [-0.2, 0) is 4.79 Å². The third-order valence-electron chi connectivity index (χ3n) is 5.54. The van der Waals surface area contributed by atoms with E-state index in [-0.39, 0.29) is 42.3 Å². The molecular formula is C23H39FIN5O2. The maximum Gasteiger partial charge on any atom is 0.224 e. The van der Waals surface area contributed by atoms with Gasteiger partial charge < -0.3 is 25.5 Å². The number of aliphatic hydroxyl groups is 1. The number of carbonyl (C=O) groups is 1. The first kappa shape index (κ1) is 28.4. The fourth-order valence-corrected chi connectivity index (χ4v) is 3.79. The fourth-order valence-electron chi connectivity index (χ4n) is 3.79. The Hall–Kier alpha value is -1.62. The average Bonchev–Trinajstić information content (AvgIpc) is 2.78. The van der Waals surface area contributed by atoms with E-state index in [9.17, 15) is 14.3 Å². The summed E-state index contributed by atoms with van der Waals surface area (Å²) >= 11 is 0. The van der Waals surface area contributed by atoms with Crippen LogP contribution in [0.2, 0.25) is 0 Å². The van der Waals surface area contributed by atoms with Gasteiger partial charge in [-0.3, -0.25) is 9.79 Å². The third kappa shape index (κ3) is 9.89. The first-order valence-corrected chi connectivity index (χ1v) is 11.5. The Bertz CT molecular complexity index is 675. The number of nitrogens with one attached hydrogen (secondary N) is 2. The number of amides is 1. The van der Waals surface area contributed by atoms with Crippen molar-refractivity contribution in [1.82, 2.24) is 15.5 Å². The highest BCUT2D eigenvalue weighted by Gasteiger charge is 2.21. The molecule has 1 fully saturated rings. The second kappa shape index (κ2) is 16.1. The molecule has 9 heteroatoms. The predicted octanol–water partition coefficient (Wildman–Crippen LogP) is 2.84. The van der Waals surface area contributed by atoms with E-state index in [1.807, 2.05) is 11.8 Å². The van der Waals surface area contributed by atoms with Crippen LogP contribution in [0.4, 0.5) is 10.1 Å². The molecule has 1 amide bonds. The van der Waals surface area contributed by atoms with Crippen LogP contribution >= 0.6 is 24.0 Å². The Kier molecular flexibility index (Phi) is 14.3. The Morgan fingerprint density at radius 1 is 1.12 bits per heavy atom. The molecule has 0 saturated carbocycles. The third-order valence-corrected chi connectivity index (χ3v) is 5.54. The maximum atomic E-state index is 13.1. The van der Waals surface area contributed by atoms with Crippen LogP contribution < -0.4 is 15.5 Å². The number of piperazine rings is 1. The first-order valence-electron chi connectivity index (χ1n) is 11.5. The molecule has 0 aliphatic carbocycles. The van der Waals surface area contributed by atoms with Gasteiger partial charge in [0.15, 0.2) is 5.96 Å². The van der Waals surface area contributed by atoms with Crippen molar-refractivity contribution >= 4 is 41.5 Å². The van der Waals surface area contributed by atoms with Crippen molar-refractivity contribution in [3.63, 3.8) is 0 Å². The Morgan fingerprint density at radius 3 is 2.41 bits per heavy atom.